The number of rotatable bonds is 6. The van der Waals surface area contributed by atoms with Crippen LogP contribution in [0.3, 0.4) is 0 Å². The molecule has 0 saturated heterocycles. The molecule has 0 unspecified atom stereocenters. The Balaban J connectivity index is 0.869. The molecule has 0 N–H and O–H groups in total. The summed E-state index contributed by atoms with van der Waals surface area (Å²) in [5.74, 6) is 0. The Hall–Kier alpha value is -9.48. The molecule has 0 bridgehead atoms. The second kappa shape index (κ2) is 17.6. The highest BCUT2D eigenvalue weighted by atomic mass is 15.0. The fourth-order valence-electron chi connectivity index (χ4n) is 12.1. The SMILES string of the molecule is [C-]#[N+]c1ccc2c3ccc(-c4ccc(-c5ccc6c(C(C)(C)C)c7cc(-c8ccc(-c9ccc%10c%11ccc(C#N)cc%11n(-c%11ccccc%11)c%10c9)cc8)ccc7c(C(C)(C)C)c6c5)cc4)cc3n(-c3ccccc3)c2c1. The summed E-state index contributed by atoms with van der Waals surface area (Å²) in [6.45, 7) is 21.8. The number of para-hydroxylation sites is 2. The van der Waals surface area contributed by atoms with Gasteiger partial charge in [0.05, 0.1) is 34.8 Å². The molecular formula is C72H54N4. The second-order valence-corrected chi connectivity index (χ2v) is 22.4. The van der Waals surface area contributed by atoms with Gasteiger partial charge in [-0.25, -0.2) is 4.85 Å². The van der Waals surface area contributed by atoms with Gasteiger partial charge in [0.25, 0.3) is 0 Å². The van der Waals surface area contributed by atoms with E-state index in [1.165, 1.54) is 60.3 Å². The van der Waals surface area contributed by atoms with Crippen molar-refractivity contribution in [1.29, 1.82) is 5.26 Å². The maximum absolute atomic E-state index is 9.80. The van der Waals surface area contributed by atoms with Gasteiger partial charge in [-0.15, -0.1) is 0 Å². The van der Waals surface area contributed by atoms with Crippen molar-refractivity contribution in [1.82, 2.24) is 9.13 Å². The predicted molar refractivity (Wildman–Crippen MR) is 320 cm³/mol. The molecule has 0 radical (unpaired) electrons. The van der Waals surface area contributed by atoms with Crippen LogP contribution in [-0.2, 0) is 10.8 Å². The summed E-state index contributed by atoms with van der Waals surface area (Å²) in [6, 6.07) is 81.0. The molecule has 0 saturated carbocycles. The van der Waals surface area contributed by atoms with E-state index in [2.05, 4.69) is 244 Å². The van der Waals surface area contributed by atoms with E-state index in [0.717, 1.165) is 71.9 Å². The Labute approximate surface area is 443 Å². The second-order valence-electron chi connectivity index (χ2n) is 22.4. The van der Waals surface area contributed by atoms with Crippen LogP contribution in [0.5, 0.6) is 0 Å². The zero-order chi connectivity index (χ0) is 52.0. The van der Waals surface area contributed by atoms with Gasteiger partial charge in [0, 0.05) is 38.4 Å². The fourth-order valence-corrected chi connectivity index (χ4v) is 12.1. The van der Waals surface area contributed by atoms with Gasteiger partial charge < -0.3 is 9.13 Å². The lowest BCUT2D eigenvalue weighted by atomic mass is 9.73. The van der Waals surface area contributed by atoms with Crippen LogP contribution in [0.25, 0.3) is 126 Å². The van der Waals surface area contributed by atoms with Crippen molar-refractivity contribution in [2.75, 3.05) is 0 Å². The number of hydrogen-bond acceptors (Lipinski definition) is 1. The van der Waals surface area contributed by atoms with E-state index in [1.54, 1.807) is 0 Å². The first-order chi connectivity index (χ1) is 36.8. The van der Waals surface area contributed by atoms with Crippen molar-refractivity contribution in [3.05, 3.63) is 246 Å². The first-order valence-electron chi connectivity index (χ1n) is 26.2. The zero-order valence-corrected chi connectivity index (χ0v) is 43.6. The molecular weight excluding hydrogens is 921 g/mol. The van der Waals surface area contributed by atoms with Gasteiger partial charge in [-0.1, -0.05) is 193 Å². The Kier molecular flexibility index (Phi) is 10.7. The summed E-state index contributed by atoms with van der Waals surface area (Å²) in [5, 5.41) is 19.6. The van der Waals surface area contributed by atoms with E-state index in [4.69, 9.17) is 6.57 Å². The summed E-state index contributed by atoms with van der Waals surface area (Å²) in [7, 11) is 0. The third-order valence-electron chi connectivity index (χ3n) is 15.5. The van der Waals surface area contributed by atoms with Crippen LogP contribution in [-0.4, -0.2) is 9.13 Å². The molecule has 11 aromatic carbocycles. The fraction of sp³-hybridized carbons (Fsp3) is 0.111. The topological polar surface area (TPSA) is 38.0 Å². The molecule has 0 fully saturated rings. The van der Waals surface area contributed by atoms with Crippen LogP contribution >= 0.6 is 0 Å². The highest BCUT2D eigenvalue weighted by molar-refractivity contribution is 6.13. The molecule has 0 aliphatic rings. The summed E-state index contributed by atoms with van der Waals surface area (Å²) >= 11 is 0. The van der Waals surface area contributed by atoms with Crippen molar-refractivity contribution in [2.45, 2.75) is 52.4 Å². The third-order valence-corrected chi connectivity index (χ3v) is 15.5. The quantitative estimate of drug-likeness (QED) is 0.121. The van der Waals surface area contributed by atoms with Crippen molar-refractivity contribution < 1.29 is 0 Å². The molecule has 0 atom stereocenters. The van der Waals surface area contributed by atoms with Crippen LogP contribution < -0.4 is 0 Å². The number of nitrogens with zero attached hydrogens (tertiary/aromatic N) is 4. The van der Waals surface area contributed by atoms with Gasteiger partial charge in [0.2, 0.25) is 0 Å². The standard InChI is InChI=1S/C72H54N4/c1-71(2,3)69-62-36-30-51(47-21-25-49(26-22-47)53-28-34-59-60-37-31-54(74-7)43-68(60)76(67(59)42-53)56-16-12-9-13-17-56)40-64(62)70(72(4,5)6)61-35-29-50(39-63(61)69)46-19-23-48(24-20-46)52-27-33-58-57-32-18-45(44-73)38-65(57)75(66(58)41-52)55-14-10-8-11-15-55/h8-43H,1-6H3. The summed E-state index contributed by atoms with van der Waals surface area (Å²) < 4.78 is 4.57. The number of benzene rings is 11. The van der Waals surface area contributed by atoms with E-state index in [1.807, 2.05) is 36.4 Å². The smallest absolute Gasteiger partial charge is 0.189 e. The van der Waals surface area contributed by atoms with Crippen LogP contribution in [0.1, 0.15) is 58.2 Å². The molecule has 0 amide bonds. The highest BCUT2D eigenvalue weighted by Crippen LogP contribution is 2.47. The van der Waals surface area contributed by atoms with E-state index in [9.17, 15) is 5.26 Å². The van der Waals surface area contributed by atoms with E-state index in [-0.39, 0.29) is 10.8 Å². The molecule has 4 heteroatoms. The minimum Gasteiger partial charge on any atom is -0.310 e. The van der Waals surface area contributed by atoms with E-state index < -0.39 is 0 Å². The Morgan fingerprint density at radius 2 is 0.671 bits per heavy atom. The molecule has 4 nitrogen and oxygen atoms in total. The largest absolute Gasteiger partial charge is 0.310 e. The lowest BCUT2D eigenvalue weighted by molar-refractivity contribution is 0.593. The number of aromatic nitrogens is 2. The van der Waals surface area contributed by atoms with Gasteiger partial charge in [0.1, 0.15) is 0 Å². The van der Waals surface area contributed by atoms with E-state index >= 15 is 0 Å². The number of fused-ring (bicyclic) bond motifs is 8. The summed E-state index contributed by atoms with van der Waals surface area (Å²) in [4.78, 5) is 3.76. The Bertz CT molecular complexity index is 4270. The van der Waals surface area contributed by atoms with Crippen LogP contribution in [0.15, 0.2) is 218 Å². The summed E-state index contributed by atoms with van der Waals surface area (Å²) in [5.41, 5.74) is 19.5. The van der Waals surface area contributed by atoms with Crippen LogP contribution in [0.4, 0.5) is 5.69 Å². The molecule has 0 aliphatic heterocycles. The number of nitriles is 1. The third kappa shape index (κ3) is 7.65. The highest BCUT2D eigenvalue weighted by Gasteiger charge is 2.28. The minimum absolute atomic E-state index is 0.137. The molecule has 0 spiro atoms. The number of hydrogen-bond donors (Lipinski definition) is 0. The lowest BCUT2D eigenvalue weighted by Crippen LogP contribution is -2.17. The molecule has 13 rings (SSSR count). The predicted octanol–water partition coefficient (Wildman–Crippen LogP) is 19.9. The maximum atomic E-state index is 9.80. The van der Waals surface area contributed by atoms with Gasteiger partial charge in [-0.3, -0.25) is 0 Å². The minimum atomic E-state index is -0.137. The first-order valence-corrected chi connectivity index (χ1v) is 26.2. The molecule has 76 heavy (non-hydrogen) atoms. The van der Waals surface area contributed by atoms with Gasteiger partial charge in [-0.2, -0.15) is 5.26 Å². The van der Waals surface area contributed by atoms with E-state index in [0.29, 0.717) is 11.3 Å². The monoisotopic (exact) mass is 974 g/mol. The van der Waals surface area contributed by atoms with Gasteiger partial charge in [-0.05, 0) is 155 Å². The van der Waals surface area contributed by atoms with Gasteiger partial charge in [0.15, 0.2) is 5.69 Å². The molecule has 0 aliphatic carbocycles. The normalized spacial score (nSPS) is 12.1. The first kappa shape index (κ1) is 46.3. The molecule has 13 aromatic rings. The summed E-state index contributed by atoms with van der Waals surface area (Å²) in [6.07, 6.45) is 0. The van der Waals surface area contributed by atoms with Crippen molar-refractivity contribution >= 4 is 70.8 Å². The lowest BCUT2D eigenvalue weighted by Gasteiger charge is -2.31. The molecule has 2 heterocycles. The average molecular weight is 975 g/mol. The Morgan fingerprint density at radius 1 is 0.342 bits per heavy atom. The average Bonchev–Trinajstić information content (AvgIpc) is 3.96. The van der Waals surface area contributed by atoms with Crippen LogP contribution in [0, 0.1) is 17.9 Å². The molecule has 362 valence electrons. The zero-order valence-electron chi connectivity index (χ0n) is 43.6. The van der Waals surface area contributed by atoms with Crippen LogP contribution in [0.2, 0.25) is 0 Å². The molecule has 2 aromatic heterocycles. The maximum Gasteiger partial charge on any atom is 0.189 e. The van der Waals surface area contributed by atoms with Crippen molar-refractivity contribution in [3.63, 3.8) is 0 Å². The Morgan fingerprint density at radius 3 is 1.05 bits per heavy atom. The van der Waals surface area contributed by atoms with Crippen molar-refractivity contribution in [3.8, 4) is 62.0 Å². The van der Waals surface area contributed by atoms with Crippen molar-refractivity contribution in [2.24, 2.45) is 0 Å². The van der Waals surface area contributed by atoms with Gasteiger partial charge >= 0.3 is 0 Å².